The number of unbranched alkanes of at least 4 members (excludes halogenated alkanes) is 2. The van der Waals surface area contributed by atoms with Crippen LogP contribution in [0.1, 0.15) is 53.9 Å². The Morgan fingerprint density at radius 2 is 1.36 bits per heavy atom. The first kappa shape index (κ1) is 14.5. The molecule has 0 spiro atoms. The third-order valence-corrected chi connectivity index (χ3v) is 7.27. The minimum absolute atomic E-state index is 0.381. The Labute approximate surface area is 95.9 Å². The third-order valence-electron chi connectivity index (χ3n) is 2.83. The largest absolute Gasteiger partial charge is 0.262 e. The van der Waals surface area contributed by atoms with E-state index in [0.717, 1.165) is 11.8 Å². The summed E-state index contributed by atoms with van der Waals surface area (Å²) in [5.41, 5.74) is 0. The van der Waals surface area contributed by atoms with Gasteiger partial charge in [0.05, 0.1) is 0 Å². The zero-order chi connectivity index (χ0) is 11.0. The van der Waals surface area contributed by atoms with E-state index in [9.17, 15) is 0 Å². The molecule has 1 heteroatoms. The molecule has 0 rings (SSSR count). The third kappa shape index (κ3) is 9.10. The summed E-state index contributed by atoms with van der Waals surface area (Å²) < 4.78 is 0. The maximum absolute atomic E-state index is 2.39. The van der Waals surface area contributed by atoms with Gasteiger partial charge in [-0.15, -0.1) is 0 Å². The second-order valence-electron chi connectivity index (χ2n) is 5.62. The van der Waals surface area contributed by atoms with Gasteiger partial charge in [-0.3, -0.25) is 0 Å². The van der Waals surface area contributed by atoms with Crippen molar-refractivity contribution < 1.29 is 0 Å². The van der Waals surface area contributed by atoms with Crippen molar-refractivity contribution >= 4 is 14.1 Å². The molecule has 0 nitrogen and oxygen atoms in total. The van der Waals surface area contributed by atoms with Gasteiger partial charge in [-0.1, -0.05) is 81.6 Å². The Balaban J connectivity index is 3.72. The summed E-state index contributed by atoms with van der Waals surface area (Å²) in [6, 6.07) is 0. The lowest BCUT2D eigenvalue weighted by Gasteiger charge is -2.16. The first-order chi connectivity index (χ1) is 6.56. The van der Waals surface area contributed by atoms with Crippen molar-refractivity contribution in [1.29, 1.82) is 0 Å². The SMILES string of the molecule is CCCC[CH2][Al]([CH2]C(C)C)[CH2]C(C)C. The topological polar surface area (TPSA) is 0 Å². The van der Waals surface area contributed by atoms with Crippen molar-refractivity contribution in [3.05, 3.63) is 0 Å². The molecular weight excluding hydrogens is 183 g/mol. The van der Waals surface area contributed by atoms with Crippen molar-refractivity contribution in [2.24, 2.45) is 11.8 Å². The summed E-state index contributed by atoms with van der Waals surface area (Å²) >= 11 is -0.381. The van der Waals surface area contributed by atoms with Crippen LogP contribution >= 0.6 is 0 Å². The average molecular weight is 212 g/mol. The molecule has 0 heterocycles. The first-order valence-electron chi connectivity index (χ1n) is 6.56. The summed E-state index contributed by atoms with van der Waals surface area (Å²) in [6.07, 6.45) is 4.34. The van der Waals surface area contributed by atoms with E-state index in [1.165, 1.54) is 19.3 Å². The van der Waals surface area contributed by atoms with Crippen LogP contribution in [-0.2, 0) is 0 Å². The fraction of sp³-hybridized carbons (Fsp3) is 1.00. The molecule has 0 N–H and O–H groups in total. The van der Waals surface area contributed by atoms with Crippen LogP contribution in [0.15, 0.2) is 0 Å². The molecule has 0 aromatic rings. The molecule has 0 aliphatic heterocycles. The summed E-state index contributed by atoms with van der Waals surface area (Å²) in [5.74, 6) is 1.87. The molecule has 0 amide bonds. The predicted octanol–water partition coefficient (Wildman–Crippen LogP) is 4.98. The van der Waals surface area contributed by atoms with Gasteiger partial charge < -0.3 is 0 Å². The molecule has 0 saturated heterocycles. The normalized spacial score (nSPS) is 11.4. The smallest absolute Gasteiger partial charge is 0.0938 e. The highest BCUT2D eigenvalue weighted by Gasteiger charge is 2.18. The van der Waals surface area contributed by atoms with Gasteiger partial charge in [0, 0.05) is 0 Å². The van der Waals surface area contributed by atoms with Gasteiger partial charge in [-0.25, -0.2) is 0 Å². The predicted molar refractivity (Wildman–Crippen MR) is 69.4 cm³/mol. The van der Waals surface area contributed by atoms with Gasteiger partial charge in [-0.2, -0.15) is 0 Å². The van der Waals surface area contributed by atoms with Crippen LogP contribution in [0.5, 0.6) is 0 Å². The lowest BCUT2D eigenvalue weighted by molar-refractivity contribution is 0.677. The second kappa shape index (κ2) is 8.81. The second-order valence-corrected chi connectivity index (χ2v) is 8.87. The molecular formula is C13H29Al. The van der Waals surface area contributed by atoms with Crippen molar-refractivity contribution in [2.75, 3.05) is 0 Å². The quantitative estimate of drug-likeness (QED) is 0.393. The molecule has 0 radical (unpaired) electrons. The Morgan fingerprint density at radius 1 is 0.857 bits per heavy atom. The van der Waals surface area contributed by atoms with Crippen molar-refractivity contribution in [3.63, 3.8) is 0 Å². The molecule has 0 aliphatic rings. The van der Waals surface area contributed by atoms with Crippen LogP contribution < -0.4 is 0 Å². The number of rotatable bonds is 8. The minimum atomic E-state index is -0.381. The minimum Gasteiger partial charge on any atom is -0.0938 e. The Hall–Kier alpha value is 0.532. The molecule has 0 unspecified atom stereocenters. The van der Waals surface area contributed by atoms with Gasteiger partial charge in [0.2, 0.25) is 0 Å². The fourth-order valence-electron chi connectivity index (χ4n) is 2.35. The fourth-order valence-corrected chi connectivity index (χ4v) is 6.54. The maximum Gasteiger partial charge on any atom is 0.262 e. The van der Waals surface area contributed by atoms with E-state index in [4.69, 9.17) is 0 Å². The van der Waals surface area contributed by atoms with E-state index in [0.29, 0.717) is 0 Å². The summed E-state index contributed by atoms with van der Waals surface area (Å²) in [5, 5.41) is 4.74. The standard InChI is InChI=1S/C5H11.2C4H9.Al/c1-3-5-4-2;2*1-4(2)3;/h1,3-5H2,2H3;2*4H,1H2,2-3H3;. The molecule has 84 valence electrons. The van der Waals surface area contributed by atoms with Crippen molar-refractivity contribution in [2.45, 2.75) is 69.7 Å². The Kier molecular flexibility index (Phi) is 9.14. The van der Waals surface area contributed by atoms with Gasteiger partial charge in [0.15, 0.2) is 0 Å². The van der Waals surface area contributed by atoms with Crippen molar-refractivity contribution in [3.8, 4) is 0 Å². The lowest BCUT2D eigenvalue weighted by Crippen LogP contribution is -2.17. The maximum atomic E-state index is 2.39. The van der Waals surface area contributed by atoms with Crippen LogP contribution in [0.25, 0.3) is 0 Å². The van der Waals surface area contributed by atoms with Gasteiger partial charge in [0.1, 0.15) is 0 Å². The van der Waals surface area contributed by atoms with Crippen LogP contribution in [0.2, 0.25) is 15.8 Å². The zero-order valence-corrected chi connectivity index (χ0v) is 12.1. The molecule has 0 atom stereocenters. The van der Waals surface area contributed by atoms with Crippen LogP contribution in [0.3, 0.4) is 0 Å². The van der Waals surface area contributed by atoms with E-state index >= 15 is 0 Å². The average Bonchev–Trinajstić information content (AvgIpc) is 2.02. The molecule has 0 bridgehead atoms. The summed E-state index contributed by atoms with van der Waals surface area (Å²) in [6.45, 7) is 11.9. The summed E-state index contributed by atoms with van der Waals surface area (Å²) in [7, 11) is 0. The molecule has 0 aromatic carbocycles. The van der Waals surface area contributed by atoms with E-state index in [-0.39, 0.29) is 14.1 Å². The van der Waals surface area contributed by atoms with E-state index < -0.39 is 0 Å². The number of hydrogen-bond acceptors (Lipinski definition) is 0. The Bertz CT molecular complexity index is 108. The monoisotopic (exact) mass is 212 g/mol. The highest BCUT2D eigenvalue weighted by atomic mass is 27.2. The van der Waals surface area contributed by atoms with Crippen molar-refractivity contribution in [1.82, 2.24) is 0 Å². The van der Waals surface area contributed by atoms with Gasteiger partial charge in [0.25, 0.3) is 14.1 Å². The van der Waals surface area contributed by atoms with Gasteiger partial charge >= 0.3 is 0 Å². The lowest BCUT2D eigenvalue weighted by atomic mass is 10.3. The number of hydrogen-bond donors (Lipinski definition) is 0. The van der Waals surface area contributed by atoms with E-state index in [1.54, 1.807) is 15.8 Å². The molecule has 0 aliphatic carbocycles. The van der Waals surface area contributed by atoms with Crippen LogP contribution in [-0.4, -0.2) is 14.1 Å². The van der Waals surface area contributed by atoms with E-state index in [2.05, 4.69) is 34.6 Å². The molecule has 14 heavy (non-hydrogen) atoms. The van der Waals surface area contributed by atoms with Crippen LogP contribution in [0, 0.1) is 11.8 Å². The van der Waals surface area contributed by atoms with Crippen LogP contribution in [0.4, 0.5) is 0 Å². The molecule has 0 fully saturated rings. The Morgan fingerprint density at radius 3 is 1.71 bits per heavy atom. The first-order valence-corrected chi connectivity index (χ1v) is 9.01. The highest BCUT2D eigenvalue weighted by molar-refractivity contribution is 6.58. The highest BCUT2D eigenvalue weighted by Crippen LogP contribution is 2.20. The molecule has 0 aromatic heterocycles. The summed E-state index contributed by atoms with van der Waals surface area (Å²) in [4.78, 5) is 0. The van der Waals surface area contributed by atoms with Gasteiger partial charge in [-0.05, 0) is 0 Å². The zero-order valence-electron chi connectivity index (χ0n) is 11.0. The molecule has 0 saturated carbocycles. The van der Waals surface area contributed by atoms with E-state index in [1.807, 2.05) is 0 Å².